The Balaban J connectivity index is 1.58. The maximum Gasteiger partial charge on any atom is 0.266 e. The Bertz CT molecular complexity index is 1100. The number of anilines is 1. The highest BCUT2D eigenvalue weighted by Crippen LogP contribution is 2.31. The van der Waals surface area contributed by atoms with Crippen LogP contribution in [0.2, 0.25) is 0 Å². The van der Waals surface area contributed by atoms with Crippen molar-refractivity contribution in [2.24, 2.45) is 0 Å². The number of rotatable bonds is 5. The number of hydrogen-bond acceptors (Lipinski definition) is 6. The summed E-state index contributed by atoms with van der Waals surface area (Å²) in [6.07, 6.45) is -2.83. The van der Waals surface area contributed by atoms with Crippen molar-refractivity contribution < 1.29 is 22.8 Å². The van der Waals surface area contributed by atoms with Crippen LogP contribution in [0.5, 0.6) is 0 Å². The molecule has 1 atom stereocenters. The summed E-state index contributed by atoms with van der Waals surface area (Å²) in [6, 6.07) is 3.29. The lowest BCUT2D eigenvalue weighted by Gasteiger charge is -2.42. The molecule has 1 aromatic carbocycles. The molecular weight excluding hydrogens is 449 g/mol. The van der Waals surface area contributed by atoms with Gasteiger partial charge in [0.25, 0.3) is 6.43 Å². The molecule has 1 N–H and O–H groups in total. The summed E-state index contributed by atoms with van der Waals surface area (Å²) in [5, 5.41) is 6.71. The van der Waals surface area contributed by atoms with Gasteiger partial charge in [0, 0.05) is 44.2 Å². The Labute approximate surface area is 195 Å². The number of aromatic nitrogens is 2. The quantitative estimate of drug-likeness (QED) is 0.715. The number of carbonyl (C=O) groups excluding carboxylic acids is 2. The van der Waals surface area contributed by atoms with Crippen LogP contribution in [0.1, 0.15) is 54.5 Å². The van der Waals surface area contributed by atoms with Crippen LogP contribution >= 0.6 is 0 Å². The van der Waals surface area contributed by atoms with E-state index in [-0.39, 0.29) is 30.3 Å². The van der Waals surface area contributed by atoms with E-state index < -0.39 is 23.8 Å². The Morgan fingerprint density at radius 3 is 2.44 bits per heavy atom. The molecule has 2 aliphatic heterocycles. The first-order chi connectivity index (χ1) is 16.2. The minimum Gasteiger partial charge on any atom is -0.363 e. The van der Waals surface area contributed by atoms with Gasteiger partial charge in [-0.2, -0.15) is 0 Å². The van der Waals surface area contributed by atoms with E-state index in [0.29, 0.717) is 49.1 Å². The van der Waals surface area contributed by atoms with Crippen LogP contribution in [0.3, 0.4) is 0 Å². The van der Waals surface area contributed by atoms with Crippen molar-refractivity contribution in [2.45, 2.75) is 46.2 Å². The SMILES string of the molecule is CC(=O)N1CCN(N2Cc3c(nc(C)nc3N[C@H](C)c3cccc(C(F)F)c3F)CC2=O)CC1. The van der Waals surface area contributed by atoms with Crippen molar-refractivity contribution in [3.05, 3.63) is 52.2 Å². The standard InChI is InChI=1S/C23H27F3N6O2/c1-13(16-5-4-6-17(21(16)24)22(25)26)27-23-18-12-32(20(34)11-19(18)28-14(2)29-23)31-9-7-30(8-10-31)15(3)33/h4-6,13,22H,7-12H2,1-3H3,(H,27,28,29)/t13-/m1/s1. The molecule has 0 unspecified atom stereocenters. The summed E-state index contributed by atoms with van der Waals surface area (Å²) in [4.78, 5) is 35.2. The summed E-state index contributed by atoms with van der Waals surface area (Å²) < 4.78 is 41.0. The number of alkyl halides is 2. The first kappa shape index (κ1) is 23.9. The lowest BCUT2D eigenvalue weighted by Crippen LogP contribution is -2.57. The van der Waals surface area contributed by atoms with Gasteiger partial charge in [-0.05, 0) is 13.8 Å². The molecule has 3 heterocycles. The van der Waals surface area contributed by atoms with E-state index in [2.05, 4.69) is 15.3 Å². The molecule has 34 heavy (non-hydrogen) atoms. The average Bonchev–Trinajstić information content (AvgIpc) is 2.78. The number of fused-ring (bicyclic) bond motifs is 1. The van der Waals surface area contributed by atoms with E-state index in [1.54, 1.807) is 23.8 Å². The van der Waals surface area contributed by atoms with Gasteiger partial charge >= 0.3 is 0 Å². The summed E-state index contributed by atoms with van der Waals surface area (Å²) in [5.74, 6) is -0.153. The first-order valence-electron chi connectivity index (χ1n) is 11.2. The molecule has 8 nitrogen and oxygen atoms in total. The van der Waals surface area contributed by atoms with E-state index in [1.807, 2.05) is 5.01 Å². The van der Waals surface area contributed by atoms with Gasteiger partial charge in [0.05, 0.1) is 30.3 Å². The van der Waals surface area contributed by atoms with Crippen molar-refractivity contribution in [3.8, 4) is 0 Å². The fourth-order valence-electron chi connectivity index (χ4n) is 4.42. The van der Waals surface area contributed by atoms with Crippen LogP contribution < -0.4 is 5.32 Å². The number of amides is 2. The van der Waals surface area contributed by atoms with E-state index in [9.17, 15) is 22.8 Å². The van der Waals surface area contributed by atoms with Gasteiger partial charge in [0.2, 0.25) is 11.8 Å². The molecule has 0 spiro atoms. The molecule has 0 radical (unpaired) electrons. The van der Waals surface area contributed by atoms with E-state index in [1.165, 1.54) is 19.1 Å². The third-order valence-electron chi connectivity index (χ3n) is 6.28. The topological polar surface area (TPSA) is 81.7 Å². The van der Waals surface area contributed by atoms with Gasteiger partial charge < -0.3 is 10.2 Å². The zero-order chi connectivity index (χ0) is 24.6. The summed E-state index contributed by atoms with van der Waals surface area (Å²) in [6.45, 7) is 7.22. The van der Waals surface area contributed by atoms with Crippen molar-refractivity contribution in [3.63, 3.8) is 0 Å². The second-order valence-corrected chi connectivity index (χ2v) is 8.55. The highest BCUT2D eigenvalue weighted by Gasteiger charge is 2.33. The molecule has 11 heteroatoms. The largest absolute Gasteiger partial charge is 0.363 e. The highest BCUT2D eigenvalue weighted by atomic mass is 19.3. The molecule has 1 fully saturated rings. The molecule has 0 bridgehead atoms. The zero-order valence-corrected chi connectivity index (χ0v) is 19.3. The maximum atomic E-state index is 14.7. The number of carbonyl (C=O) groups is 2. The third-order valence-corrected chi connectivity index (χ3v) is 6.28. The molecular formula is C23H27F3N6O2. The van der Waals surface area contributed by atoms with Crippen molar-refractivity contribution in [1.82, 2.24) is 24.9 Å². The van der Waals surface area contributed by atoms with Gasteiger partial charge in [-0.3, -0.25) is 14.6 Å². The molecule has 182 valence electrons. The van der Waals surface area contributed by atoms with Crippen LogP contribution in [0, 0.1) is 12.7 Å². The Morgan fingerprint density at radius 1 is 1.12 bits per heavy atom. The molecule has 4 rings (SSSR count). The van der Waals surface area contributed by atoms with Gasteiger partial charge in [0.15, 0.2) is 0 Å². The fraction of sp³-hybridized carbons (Fsp3) is 0.478. The zero-order valence-electron chi connectivity index (χ0n) is 19.3. The number of nitrogens with one attached hydrogen (secondary N) is 1. The summed E-state index contributed by atoms with van der Waals surface area (Å²) in [5.41, 5.74) is 0.754. The normalized spacial score (nSPS) is 17.7. The minimum absolute atomic E-state index is 0.00228. The summed E-state index contributed by atoms with van der Waals surface area (Å²) in [7, 11) is 0. The van der Waals surface area contributed by atoms with Crippen LogP contribution in [0.15, 0.2) is 18.2 Å². The smallest absolute Gasteiger partial charge is 0.266 e. The predicted octanol–water partition coefficient (Wildman–Crippen LogP) is 3.00. The van der Waals surface area contributed by atoms with Crippen molar-refractivity contribution >= 4 is 17.6 Å². The number of benzene rings is 1. The minimum atomic E-state index is -2.91. The second-order valence-electron chi connectivity index (χ2n) is 8.55. The van der Waals surface area contributed by atoms with E-state index in [4.69, 9.17) is 0 Å². The first-order valence-corrected chi connectivity index (χ1v) is 11.2. The predicted molar refractivity (Wildman–Crippen MR) is 118 cm³/mol. The van der Waals surface area contributed by atoms with E-state index >= 15 is 0 Å². The molecule has 0 aliphatic carbocycles. The van der Waals surface area contributed by atoms with E-state index in [0.717, 1.165) is 6.07 Å². The summed E-state index contributed by atoms with van der Waals surface area (Å²) >= 11 is 0. The highest BCUT2D eigenvalue weighted by molar-refractivity contribution is 5.81. The third kappa shape index (κ3) is 4.70. The molecule has 1 aromatic heterocycles. The number of halogens is 3. The lowest BCUT2D eigenvalue weighted by atomic mass is 10.0. The van der Waals surface area contributed by atoms with Gasteiger partial charge in [-0.1, -0.05) is 18.2 Å². The number of piperazine rings is 1. The average molecular weight is 477 g/mol. The number of hydrogen-bond donors (Lipinski definition) is 1. The lowest BCUT2D eigenvalue weighted by molar-refractivity contribution is -0.157. The Kier molecular flexibility index (Phi) is 6.74. The van der Waals surface area contributed by atoms with Gasteiger partial charge in [-0.15, -0.1) is 0 Å². The molecule has 2 aliphatic rings. The molecule has 2 aromatic rings. The Hall–Kier alpha value is -3.21. The molecule has 1 saturated heterocycles. The second kappa shape index (κ2) is 9.57. The van der Waals surface area contributed by atoms with Gasteiger partial charge in [0.1, 0.15) is 17.5 Å². The van der Waals surface area contributed by atoms with Gasteiger partial charge in [-0.25, -0.2) is 28.1 Å². The fourth-order valence-corrected chi connectivity index (χ4v) is 4.42. The van der Waals surface area contributed by atoms with Crippen molar-refractivity contribution in [1.29, 1.82) is 0 Å². The van der Waals surface area contributed by atoms with Crippen LogP contribution in [-0.2, 0) is 22.6 Å². The monoisotopic (exact) mass is 476 g/mol. The molecule has 2 amide bonds. The Morgan fingerprint density at radius 2 is 1.79 bits per heavy atom. The molecule has 0 saturated carbocycles. The number of hydrazine groups is 1. The maximum absolute atomic E-state index is 14.7. The van der Waals surface area contributed by atoms with Crippen molar-refractivity contribution in [2.75, 3.05) is 31.5 Å². The van der Waals surface area contributed by atoms with Crippen LogP contribution in [-0.4, -0.2) is 62.9 Å². The number of nitrogens with zero attached hydrogens (tertiary/aromatic N) is 5. The van der Waals surface area contributed by atoms with Crippen LogP contribution in [0.25, 0.3) is 0 Å². The van der Waals surface area contributed by atoms with Crippen LogP contribution in [0.4, 0.5) is 19.0 Å². The number of aryl methyl sites for hydroxylation is 1.